The number of unbranched alkanes of at least 4 members (excludes halogenated alkanes) is 12. The summed E-state index contributed by atoms with van der Waals surface area (Å²) in [5, 5.41) is 0. The van der Waals surface area contributed by atoms with E-state index >= 15 is 0 Å². The van der Waals surface area contributed by atoms with Gasteiger partial charge in [-0.1, -0.05) is 84.5 Å². The van der Waals surface area contributed by atoms with Gasteiger partial charge in [-0.25, -0.2) is 9.97 Å². The van der Waals surface area contributed by atoms with Crippen molar-refractivity contribution in [2.24, 2.45) is 0 Å². The van der Waals surface area contributed by atoms with Gasteiger partial charge in [0, 0.05) is 25.2 Å². The van der Waals surface area contributed by atoms with Crippen LogP contribution in [0.3, 0.4) is 0 Å². The van der Waals surface area contributed by atoms with Crippen LogP contribution in [0.1, 0.15) is 117 Å². The number of ether oxygens (including phenoxy) is 3. The summed E-state index contributed by atoms with van der Waals surface area (Å²) < 4.78 is 16.9. The predicted octanol–water partition coefficient (Wildman–Crippen LogP) is 8.73. The fraction of sp³-hybridized carbons (Fsp3) is 0.656. The van der Waals surface area contributed by atoms with Gasteiger partial charge in [-0.2, -0.15) is 0 Å². The molecular weight excluding hydrogens is 476 g/mol. The Balaban J connectivity index is 1.57. The maximum Gasteiger partial charge on any atom is 0.311 e. The first kappa shape index (κ1) is 31.7. The maximum atomic E-state index is 12.2. The third kappa shape index (κ3) is 15.1. The summed E-state index contributed by atoms with van der Waals surface area (Å²) in [7, 11) is 0. The second kappa shape index (κ2) is 21.5. The largest absolute Gasteiger partial charge is 0.490 e. The second-order valence-corrected chi connectivity index (χ2v) is 10.0. The molecule has 2 rings (SSSR count). The van der Waals surface area contributed by atoms with E-state index in [1.807, 2.05) is 12.1 Å². The van der Waals surface area contributed by atoms with E-state index in [9.17, 15) is 4.79 Å². The molecular formula is C32H50N2O4. The number of rotatable bonds is 23. The molecule has 0 bridgehead atoms. The number of aromatic nitrogens is 2. The van der Waals surface area contributed by atoms with Crippen LogP contribution in [0.4, 0.5) is 0 Å². The fourth-order valence-corrected chi connectivity index (χ4v) is 4.20. The SMILES string of the molecule is CCCCCCCCCCCC(=O)Oc1ccc(-c2ncc(OCCCCOCCCCCC)cn2)cc1. The highest BCUT2D eigenvalue weighted by atomic mass is 16.5. The first-order chi connectivity index (χ1) is 18.7. The van der Waals surface area contributed by atoms with Crippen LogP contribution in [-0.4, -0.2) is 35.8 Å². The lowest BCUT2D eigenvalue weighted by Gasteiger charge is -2.08. The quantitative estimate of drug-likeness (QED) is 0.0819. The van der Waals surface area contributed by atoms with Gasteiger partial charge in [0.2, 0.25) is 0 Å². The molecule has 1 aromatic heterocycles. The van der Waals surface area contributed by atoms with Crippen molar-refractivity contribution in [1.29, 1.82) is 0 Å². The average molecular weight is 527 g/mol. The lowest BCUT2D eigenvalue weighted by molar-refractivity contribution is -0.134. The molecule has 0 saturated heterocycles. The summed E-state index contributed by atoms with van der Waals surface area (Å²) in [6, 6.07) is 7.34. The zero-order chi connectivity index (χ0) is 27.1. The Labute approximate surface area is 230 Å². The minimum absolute atomic E-state index is 0.169. The molecule has 0 aliphatic rings. The van der Waals surface area contributed by atoms with Crippen LogP contribution in [-0.2, 0) is 9.53 Å². The number of carbonyl (C=O) groups excluding carboxylic acids is 1. The average Bonchev–Trinajstić information content (AvgIpc) is 2.94. The Morgan fingerprint density at radius 1 is 0.632 bits per heavy atom. The van der Waals surface area contributed by atoms with Crippen LogP contribution in [0.25, 0.3) is 11.4 Å². The van der Waals surface area contributed by atoms with E-state index in [1.54, 1.807) is 24.5 Å². The highest BCUT2D eigenvalue weighted by Crippen LogP contribution is 2.21. The van der Waals surface area contributed by atoms with E-state index in [1.165, 1.54) is 64.2 Å². The Kier molecular flexibility index (Phi) is 17.9. The first-order valence-electron chi connectivity index (χ1n) is 15.1. The van der Waals surface area contributed by atoms with Crippen molar-refractivity contribution in [2.45, 2.75) is 117 Å². The Morgan fingerprint density at radius 3 is 1.79 bits per heavy atom. The molecule has 0 aliphatic heterocycles. The van der Waals surface area contributed by atoms with Crippen LogP contribution in [0, 0.1) is 0 Å². The zero-order valence-corrected chi connectivity index (χ0v) is 23.9. The number of benzene rings is 1. The standard InChI is InChI=1S/C32H50N2O4/c1-3-5-7-9-10-11-12-13-14-18-31(35)38-29-21-19-28(20-22-29)32-33-26-30(27-34-32)37-25-17-16-24-36-23-15-8-6-4-2/h19-22,26-27H,3-18,23-25H2,1-2H3. The molecule has 0 unspecified atom stereocenters. The summed E-state index contributed by atoms with van der Waals surface area (Å²) >= 11 is 0. The molecule has 6 nitrogen and oxygen atoms in total. The Morgan fingerprint density at radius 2 is 1.16 bits per heavy atom. The minimum Gasteiger partial charge on any atom is -0.490 e. The fourth-order valence-electron chi connectivity index (χ4n) is 4.20. The van der Waals surface area contributed by atoms with Crippen molar-refractivity contribution in [2.75, 3.05) is 19.8 Å². The van der Waals surface area contributed by atoms with Crippen molar-refractivity contribution in [3.8, 4) is 22.9 Å². The topological polar surface area (TPSA) is 70.5 Å². The summed E-state index contributed by atoms with van der Waals surface area (Å²) in [5.41, 5.74) is 0.867. The lowest BCUT2D eigenvalue weighted by atomic mass is 10.1. The van der Waals surface area contributed by atoms with Gasteiger partial charge < -0.3 is 14.2 Å². The number of hydrogen-bond donors (Lipinski definition) is 0. The van der Waals surface area contributed by atoms with E-state index in [2.05, 4.69) is 23.8 Å². The highest BCUT2D eigenvalue weighted by Gasteiger charge is 2.07. The number of carbonyl (C=O) groups is 1. The van der Waals surface area contributed by atoms with Crippen molar-refractivity contribution in [1.82, 2.24) is 9.97 Å². The van der Waals surface area contributed by atoms with E-state index in [0.717, 1.165) is 50.9 Å². The summed E-state index contributed by atoms with van der Waals surface area (Å²) in [6.45, 7) is 6.74. The molecule has 2 aromatic rings. The molecule has 6 heteroatoms. The van der Waals surface area contributed by atoms with Crippen molar-refractivity contribution < 1.29 is 19.0 Å². The van der Waals surface area contributed by atoms with Gasteiger partial charge in [-0.3, -0.25) is 4.79 Å². The van der Waals surface area contributed by atoms with Crippen molar-refractivity contribution in [3.05, 3.63) is 36.7 Å². The van der Waals surface area contributed by atoms with Gasteiger partial charge in [0.25, 0.3) is 0 Å². The van der Waals surface area contributed by atoms with Gasteiger partial charge in [0.05, 0.1) is 19.0 Å². The van der Waals surface area contributed by atoms with Gasteiger partial charge in [0.1, 0.15) is 5.75 Å². The molecule has 0 atom stereocenters. The number of hydrogen-bond acceptors (Lipinski definition) is 6. The monoisotopic (exact) mass is 526 g/mol. The van der Waals surface area contributed by atoms with Gasteiger partial charge in [0.15, 0.2) is 11.6 Å². The molecule has 38 heavy (non-hydrogen) atoms. The zero-order valence-electron chi connectivity index (χ0n) is 23.9. The van der Waals surface area contributed by atoms with E-state index in [-0.39, 0.29) is 5.97 Å². The van der Waals surface area contributed by atoms with E-state index in [4.69, 9.17) is 14.2 Å². The third-order valence-corrected chi connectivity index (χ3v) is 6.55. The molecule has 0 radical (unpaired) electrons. The van der Waals surface area contributed by atoms with E-state index < -0.39 is 0 Å². The Hall–Kier alpha value is -2.47. The van der Waals surface area contributed by atoms with Crippen LogP contribution in [0.15, 0.2) is 36.7 Å². The smallest absolute Gasteiger partial charge is 0.311 e. The van der Waals surface area contributed by atoms with Crippen molar-refractivity contribution in [3.63, 3.8) is 0 Å². The summed E-state index contributed by atoms with van der Waals surface area (Å²) in [6.07, 6.45) is 21.8. The molecule has 1 aromatic carbocycles. The molecule has 0 amide bonds. The summed E-state index contributed by atoms with van der Waals surface area (Å²) in [5.74, 6) is 1.66. The van der Waals surface area contributed by atoms with Crippen molar-refractivity contribution >= 4 is 5.97 Å². The third-order valence-electron chi connectivity index (χ3n) is 6.55. The van der Waals surface area contributed by atoms with Gasteiger partial charge >= 0.3 is 5.97 Å². The molecule has 0 aliphatic carbocycles. The van der Waals surface area contributed by atoms with Gasteiger partial charge in [-0.15, -0.1) is 0 Å². The van der Waals surface area contributed by atoms with Crippen LogP contribution < -0.4 is 9.47 Å². The minimum atomic E-state index is -0.169. The van der Waals surface area contributed by atoms with Crippen LogP contribution >= 0.6 is 0 Å². The van der Waals surface area contributed by atoms with Crippen LogP contribution in [0.5, 0.6) is 11.5 Å². The number of nitrogens with zero attached hydrogens (tertiary/aromatic N) is 2. The maximum absolute atomic E-state index is 12.2. The second-order valence-electron chi connectivity index (χ2n) is 10.0. The molecule has 212 valence electrons. The highest BCUT2D eigenvalue weighted by molar-refractivity contribution is 5.72. The molecule has 1 heterocycles. The lowest BCUT2D eigenvalue weighted by Crippen LogP contribution is -2.07. The van der Waals surface area contributed by atoms with Crippen LogP contribution in [0.2, 0.25) is 0 Å². The summed E-state index contributed by atoms with van der Waals surface area (Å²) in [4.78, 5) is 21.0. The molecule has 0 fully saturated rings. The predicted molar refractivity (Wildman–Crippen MR) is 155 cm³/mol. The molecule has 0 spiro atoms. The van der Waals surface area contributed by atoms with Gasteiger partial charge in [-0.05, 0) is 49.9 Å². The van der Waals surface area contributed by atoms with E-state index in [0.29, 0.717) is 30.4 Å². The Bertz CT molecular complexity index is 840. The first-order valence-corrected chi connectivity index (χ1v) is 15.1. The molecule has 0 N–H and O–H groups in total. The normalized spacial score (nSPS) is 11.0. The molecule has 0 saturated carbocycles. The number of esters is 1.